The number of amides is 1. The fourth-order valence-corrected chi connectivity index (χ4v) is 2.58. The molecule has 1 aromatic rings. The molecule has 0 saturated heterocycles. The lowest BCUT2D eigenvalue weighted by Gasteiger charge is -2.04. The van der Waals surface area contributed by atoms with Crippen LogP contribution in [-0.2, 0) is 10.5 Å². The minimum atomic E-state index is 0.126. The monoisotopic (exact) mass is 272 g/mol. The molecule has 1 fully saturated rings. The largest absolute Gasteiger partial charge is 0.353 e. The standard InChI is InChI=1S/C10H16N4OS2/c1-14(2)10-12-8(13-17-10)5-16-6-9(15)11-7-3-4-7/h7H,3-6H2,1-2H3,(H,11,15). The lowest BCUT2D eigenvalue weighted by molar-refractivity contribution is -0.118. The van der Waals surface area contributed by atoms with Gasteiger partial charge in [-0.15, -0.1) is 11.8 Å². The van der Waals surface area contributed by atoms with Crippen LogP contribution in [-0.4, -0.2) is 41.2 Å². The number of thioether (sulfide) groups is 1. The predicted molar refractivity (Wildman–Crippen MR) is 71.6 cm³/mol. The van der Waals surface area contributed by atoms with Crippen LogP contribution in [0.4, 0.5) is 5.13 Å². The van der Waals surface area contributed by atoms with Gasteiger partial charge in [0.1, 0.15) is 0 Å². The van der Waals surface area contributed by atoms with Gasteiger partial charge in [0.25, 0.3) is 0 Å². The van der Waals surface area contributed by atoms with Crippen molar-refractivity contribution >= 4 is 34.3 Å². The molecular weight excluding hydrogens is 256 g/mol. The van der Waals surface area contributed by atoms with Crippen LogP contribution >= 0.6 is 23.3 Å². The van der Waals surface area contributed by atoms with E-state index in [4.69, 9.17) is 0 Å². The van der Waals surface area contributed by atoms with Crippen molar-refractivity contribution < 1.29 is 4.79 Å². The molecule has 0 atom stereocenters. The van der Waals surface area contributed by atoms with Crippen molar-refractivity contribution in [2.24, 2.45) is 0 Å². The summed E-state index contributed by atoms with van der Waals surface area (Å²) in [6.07, 6.45) is 2.27. The van der Waals surface area contributed by atoms with E-state index in [0.717, 1.165) is 23.8 Å². The molecule has 1 N–H and O–H groups in total. The number of nitrogens with one attached hydrogen (secondary N) is 1. The van der Waals surface area contributed by atoms with E-state index in [2.05, 4.69) is 14.7 Å². The molecule has 0 aromatic carbocycles. The van der Waals surface area contributed by atoms with E-state index >= 15 is 0 Å². The van der Waals surface area contributed by atoms with Crippen LogP contribution in [0.3, 0.4) is 0 Å². The van der Waals surface area contributed by atoms with Crippen molar-refractivity contribution in [3.63, 3.8) is 0 Å². The van der Waals surface area contributed by atoms with Gasteiger partial charge < -0.3 is 10.2 Å². The maximum atomic E-state index is 11.4. The highest BCUT2D eigenvalue weighted by molar-refractivity contribution is 7.99. The fourth-order valence-electron chi connectivity index (χ4n) is 1.22. The van der Waals surface area contributed by atoms with Gasteiger partial charge in [0, 0.05) is 31.7 Å². The highest BCUT2D eigenvalue weighted by atomic mass is 32.2. The third-order valence-electron chi connectivity index (χ3n) is 2.25. The molecule has 0 unspecified atom stereocenters. The molecule has 2 rings (SSSR count). The fraction of sp³-hybridized carbons (Fsp3) is 0.700. The number of hydrogen-bond donors (Lipinski definition) is 1. The summed E-state index contributed by atoms with van der Waals surface area (Å²) in [6, 6.07) is 0.445. The second kappa shape index (κ2) is 5.68. The van der Waals surface area contributed by atoms with Crippen molar-refractivity contribution in [2.45, 2.75) is 24.6 Å². The molecule has 17 heavy (non-hydrogen) atoms. The van der Waals surface area contributed by atoms with Crippen LogP contribution in [0.25, 0.3) is 0 Å². The molecule has 1 aliphatic rings. The summed E-state index contributed by atoms with van der Waals surface area (Å²) in [5.74, 6) is 2.12. The maximum Gasteiger partial charge on any atom is 0.230 e. The van der Waals surface area contributed by atoms with E-state index in [1.54, 1.807) is 11.8 Å². The lowest BCUT2D eigenvalue weighted by Crippen LogP contribution is -2.27. The van der Waals surface area contributed by atoms with Crippen LogP contribution in [0, 0.1) is 0 Å². The van der Waals surface area contributed by atoms with Crippen LogP contribution in [0.15, 0.2) is 0 Å². The van der Waals surface area contributed by atoms with Crippen molar-refractivity contribution in [3.8, 4) is 0 Å². The minimum Gasteiger partial charge on any atom is -0.353 e. The first-order valence-corrected chi connectivity index (χ1v) is 7.45. The van der Waals surface area contributed by atoms with Crippen molar-refractivity contribution in [3.05, 3.63) is 5.82 Å². The molecule has 1 saturated carbocycles. The summed E-state index contributed by atoms with van der Waals surface area (Å²) in [5.41, 5.74) is 0. The van der Waals surface area contributed by atoms with Gasteiger partial charge in [0.15, 0.2) is 5.82 Å². The summed E-state index contributed by atoms with van der Waals surface area (Å²) < 4.78 is 4.24. The number of carbonyl (C=O) groups is 1. The van der Waals surface area contributed by atoms with Gasteiger partial charge in [-0.05, 0) is 12.8 Å². The van der Waals surface area contributed by atoms with Crippen molar-refractivity contribution in [1.29, 1.82) is 0 Å². The van der Waals surface area contributed by atoms with Crippen LogP contribution < -0.4 is 10.2 Å². The third-order valence-corrected chi connectivity index (χ3v) is 4.10. The third kappa shape index (κ3) is 4.16. The first kappa shape index (κ1) is 12.6. The molecule has 1 heterocycles. The number of aromatic nitrogens is 2. The summed E-state index contributed by atoms with van der Waals surface area (Å²) in [5, 5.41) is 3.86. The summed E-state index contributed by atoms with van der Waals surface area (Å²) in [4.78, 5) is 17.7. The molecule has 1 aliphatic carbocycles. The first-order valence-electron chi connectivity index (χ1n) is 5.52. The number of rotatable bonds is 6. The first-order chi connectivity index (χ1) is 8.15. The van der Waals surface area contributed by atoms with Gasteiger partial charge in [-0.1, -0.05) is 0 Å². The van der Waals surface area contributed by atoms with Gasteiger partial charge in [-0.2, -0.15) is 4.37 Å². The molecular formula is C10H16N4OS2. The van der Waals surface area contributed by atoms with E-state index in [-0.39, 0.29) is 5.91 Å². The average molecular weight is 272 g/mol. The zero-order valence-electron chi connectivity index (χ0n) is 9.97. The molecule has 0 bridgehead atoms. The Balaban J connectivity index is 1.67. The molecule has 0 spiro atoms. The predicted octanol–water partition coefficient (Wildman–Crippen LogP) is 1.12. The molecule has 0 radical (unpaired) electrons. The average Bonchev–Trinajstić information content (AvgIpc) is 2.94. The molecule has 5 nitrogen and oxygen atoms in total. The van der Waals surface area contributed by atoms with Gasteiger partial charge in [0.2, 0.25) is 11.0 Å². The number of anilines is 1. The second-order valence-corrected chi connectivity index (χ2v) is 5.94. The normalized spacial score (nSPS) is 14.7. The van der Waals surface area contributed by atoms with Gasteiger partial charge in [-0.3, -0.25) is 4.79 Å². The van der Waals surface area contributed by atoms with E-state index in [1.165, 1.54) is 11.5 Å². The second-order valence-electron chi connectivity index (χ2n) is 4.22. The molecule has 0 aliphatic heterocycles. The number of hydrogen-bond acceptors (Lipinski definition) is 6. The zero-order valence-corrected chi connectivity index (χ0v) is 11.6. The minimum absolute atomic E-state index is 0.126. The molecule has 94 valence electrons. The van der Waals surface area contributed by atoms with E-state index in [9.17, 15) is 4.79 Å². The highest BCUT2D eigenvalue weighted by Crippen LogP contribution is 2.20. The summed E-state index contributed by atoms with van der Waals surface area (Å²) in [7, 11) is 3.89. The van der Waals surface area contributed by atoms with Crippen LogP contribution in [0.2, 0.25) is 0 Å². The summed E-state index contributed by atoms with van der Waals surface area (Å²) in [6.45, 7) is 0. The molecule has 1 amide bonds. The zero-order chi connectivity index (χ0) is 12.3. The Morgan fingerprint density at radius 3 is 2.94 bits per heavy atom. The van der Waals surface area contributed by atoms with Gasteiger partial charge in [0.05, 0.1) is 11.5 Å². The quantitative estimate of drug-likeness (QED) is 0.841. The highest BCUT2D eigenvalue weighted by Gasteiger charge is 2.22. The van der Waals surface area contributed by atoms with E-state index < -0.39 is 0 Å². The molecule has 1 aromatic heterocycles. The van der Waals surface area contributed by atoms with E-state index in [1.807, 2.05) is 19.0 Å². The van der Waals surface area contributed by atoms with Gasteiger partial charge >= 0.3 is 0 Å². The van der Waals surface area contributed by atoms with Crippen LogP contribution in [0.5, 0.6) is 0 Å². The van der Waals surface area contributed by atoms with Crippen molar-refractivity contribution in [2.75, 3.05) is 24.7 Å². The van der Waals surface area contributed by atoms with E-state index in [0.29, 0.717) is 17.5 Å². The lowest BCUT2D eigenvalue weighted by atomic mass is 10.6. The Kier molecular flexibility index (Phi) is 4.22. The number of carbonyl (C=O) groups excluding carboxylic acids is 1. The SMILES string of the molecule is CN(C)c1nc(CSCC(=O)NC2CC2)ns1. The number of nitrogens with zero attached hydrogens (tertiary/aromatic N) is 3. The summed E-state index contributed by atoms with van der Waals surface area (Å²) >= 11 is 2.95. The van der Waals surface area contributed by atoms with Crippen LogP contribution in [0.1, 0.15) is 18.7 Å². The Labute approximate surface area is 109 Å². The Morgan fingerprint density at radius 1 is 1.59 bits per heavy atom. The smallest absolute Gasteiger partial charge is 0.230 e. The van der Waals surface area contributed by atoms with Gasteiger partial charge in [-0.25, -0.2) is 4.98 Å². The Morgan fingerprint density at radius 2 is 2.35 bits per heavy atom. The van der Waals surface area contributed by atoms with Crippen molar-refractivity contribution in [1.82, 2.24) is 14.7 Å². The maximum absolute atomic E-state index is 11.4. The molecule has 7 heteroatoms. The topological polar surface area (TPSA) is 58.1 Å². The Hall–Kier alpha value is -0.820. The Bertz CT molecular complexity index is 389.